The third-order valence-electron chi connectivity index (χ3n) is 2.71. The van der Waals surface area contributed by atoms with Crippen LogP contribution in [0.2, 0.25) is 0 Å². The third kappa shape index (κ3) is 3.63. The number of nitrogens with one attached hydrogen (secondary N) is 1. The number of alkyl halides is 3. The van der Waals surface area contributed by atoms with Crippen LogP contribution < -0.4 is 11.1 Å². The van der Waals surface area contributed by atoms with Crippen molar-refractivity contribution in [2.45, 2.75) is 25.1 Å². The number of nitrogens with zero attached hydrogens (tertiary/aromatic N) is 1. The van der Waals surface area contributed by atoms with Crippen LogP contribution in [0.5, 0.6) is 0 Å². The van der Waals surface area contributed by atoms with Crippen LogP contribution in [0.25, 0.3) is 0 Å². The molecule has 1 aromatic heterocycles. The van der Waals surface area contributed by atoms with E-state index >= 15 is 0 Å². The van der Waals surface area contributed by atoms with E-state index in [1.165, 1.54) is 6.92 Å². The molecule has 0 aromatic carbocycles. The van der Waals surface area contributed by atoms with Gasteiger partial charge < -0.3 is 5.73 Å². The molecule has 0 saturated heterocycles. The van der Waals surface area contributed by atoms with Gasteiger partial charge in [0.2, 0.25) is 5.91 Å². The number of pyridine rings is 1. The van der Waals surface area contributed by atoms with E-state index in [1.807, 2.05) is 0 Å². The average Bonchev–Trinajstić information content (AvgIpc) is 2.30. The summed E-state index contributed by atoms with van der Waals surface area (Å²) in [7, 11) is 0. The van der Waals surface area contributed by atoms with E-state index < -0.39 is 30.0 Å². The van der Waals surface area contributed by atoms with E-state index in [0.29, 0.717) is 0 Å². The molecule has 3 N–H and O–H groups in total. The Balaban J connectivity index is 3.12. The molecule has 1 aromatic rings. The number of carbonyl (C=O) groups excluding carboxylic acids is 1. The summed E-state index contributed by atoms with van der Waals surface area (Å²) in [4.78, 5) is 15.2. The SMILES string of the molecule is CCC(NCC(F)(F)F)(C(N)=O)c1ccc(F)cn1. The Bertz CT molecular complexity index is 446. The predicted molar refractivity (Wildman–Crippen MR) is 59.4 cm³/mol. The van der Waals surface area contributed by atoms with Crippen LogP contribution in [0.4, 0.5) is 17.6 Å². The summed E-state index contributed by atoms with van der Waals surface area (Å²) in [5.74, 6) is -1.66. The van der Waals surface area contributed by atoms with Gasteiger partial charge in [-0.15, -0.1) is 0 Å². The van der Waals surface area contributed by atoms with E-state index in [-0.39, 0.29) is 12.1 Å². The van der Waals surface area contributed by atoms with Gasteiger partial charge in [-0.05, 0) is 18.6 Å². The molecule has 0 fully saturated rings. The summed E-state index contributed by atoms with van der Waals surface area (Å²) in [5, 5.41) is 2.07. The molecule has 8 heteroatoms. The monoisotopic (exact) mass is 279 g/mol. The van der Waals surface area contributed by atoms with Gasteiger partial charge in [0.1, 0.15) is 11.4 Å². The van der Waals surface area contributed by atoms with E-state index in [4.69, 9.17) is 5.73 Å². The fraction of sp³-hybridized carbons (Fsp3) is 0.455. The summed E-state index contributed by atoms with van der Waals surface area (Å²) in [6.07, 6.45) is -3.73. The molecule has 1 unspecified atom stereocenters. The van der Waals surface area contributed by atoms with Crippen LogP contribution in [0, 0.1) is 5.82 Å². The Morgan fingerprint density at radius 1 is 1.42 bits per heavy atom. The molecule has 1 rings (SSSR count). The highest BCUT2D eigenvalue weighted by atomic mass is 19.4. The number of aromatic nitrogens is 1. The Labute approximate surface area is 107 Å². The molecule has 19 heavy (non-hydrogen) atoms. The second-order valence-electron chi connectivity index (χ2n) is 3.95. The van der Waals surface area contributed by atoms with Gasteiger partial charge in [0.15, 0.2) is 0 Å². The summed E-state index contributed by atoms with van der Waals surface area (Å²) in [5.41, 5.74) is 3.36. The topological polar surface area (TPSA) is 68.0 Å². The fourth-order valence-corrected chi connectivity index (χ4v) is 1.66. The zero-order valence-electron chi connectivity index (χ0n) is 10.1. The molecule has 0 radical (unpaired) electrons. The second-order valence-corrected chi connectivity index (χ2v) is 3.95. The zero-order chi connectivity index (χ0) is 14.7. The van der Waals surface area contributed by atoms with Crippen LogP contribution >= 0.6 is 0 Å². The highest BCUT2D eigenvalue weighted by Gasteiger charge is 2.41. The van der Waals surface area contributed by atoms with Crippen LogP contribution in [0.15, 0.2) is 18.3 Å². The molecular formula is C11H13F4N3O. The summed E-state index contributed by atoms with van der Waals surface area (Å²) >= 11 is 0. The molecule has 1 amide bonds. The lowest BCUT2D eigenvalue weighted by Gasteiger charge is -2.30. The minimum Gasteiger partial charge on any atom is -0.368 e. The molecular weight excluding hydrogens is 266 g/mol. The Kier molecular flexibility index (Phi) is 4.46. The molecule has 0 spiro atoms. The first-order valence-electron chi connectivity index (χ1n) is 5.45. The van der Waals surface area contributed by atoms with Crippen molar-refractivity contribution < 1.29 is 22.4 Å². The van der Waals surface area contributed by atoms with Gasteiger partial charge in [-0.3, -0.25) is 15.1 Å². The van der Waals surface area contributed by atoms with Gasteiger partial charge in [-0.2, -0.15) is 13.2 Å². The summed E-state index contributed by atoms with van der Waals surface area (Å²) < 4.78 is 49.6. The first-order valence-corrected chi connectivity index (χ1v) is 5.45. The van der Waals surface area contributed by atoms with E-state index in [2.05, 4.69) is 10.3 Å². The third-order valence-corrected chi connectivity index (χ3v) is 2.71. The quantitative estimate of drug-likeness (QED) is 0.802. The fourth-order valence-electron chi connectivity index (χ4n) is 1.66. The summed E-state index contributed by atoms with van der Waals surface area (Å²) in [6.45, 7) is 0.0853. The number of nitrogens with two attached hydrogens (primary N) is 1. The van der Waals surface area contributed by atoms with E-state index in [0.717, 1.165) is 18.3 Å². The van der Waals surface area contributed by atoms with Gasteiger partial charge >= 0.3 is 6.18 Å². The Morgan fingerprint density at radius 2 is 2.05 bits per heavy atom. The smallest absolute Gasteiger partial charge is 0.368 e. The molecule has 1 atom stereocenters. The Morgan fingerprint density at radius 3 is 2.42 bits per heavy atom. The molecule has 0 bridgehead atoms. The van der Waals surface area contributed by atoms with Crippen molar-refractivity contribution in [1.82, 2.24) is 10.3 Å². The minimum atomic E-state index is -4.50. The number of primary amides is 1. The van der Waals surface area contributed by atoms with Gasteiger partial charge in [0.25, 0.3) is 0 Å². The van der Waals surface area contributed by atoms with Crippen LogP contribution in [-0.4, -0.2) is 23.6 Å². The number of rotatable bonds is 5. The predicted octanol–water partition coefficient (Wildman–Crippen LogP) is 1.46. The van der Waals surface area contributed by atoms with Gasteiger partial charge in [-0.1, -0.05) is 6.92 Å². The average molecular weight is 279 g/mol. The maximum absolute atomic E-state index is 12.8. The molecule has 0 aliphatic carbocycles. The van der Waals surface area contributed by atoms with Crippen LogP contribution in [0.1, 0.15) is 19.0 Å². The van der Waals surface area contributed by atoms with Gasteiger partial charge in [-0.25, -0.2) is 4.39 Å². The Hall–Kier alpha value is -1.70. The zero-order valence-corrected chi connectivity index (χ0v) is 10.1. The van der Waals surface area contributed by atoms with Gasteiger partial charge in [0, 0.05) is 0 Å². The maximum Gasteiger partial charge on any atom is 0.401 e. The molecule has 1 heterocycles. The molecule has 0 aliphatic heterocycles. The standard InChI is InChI=1S/C11H13F4N3O/c1-2-10(9(16)19,18-6-11(13,14)15)8-4-3-7(12)5-17-8/h3-5,18H,2,6H2,1H3,(H2,16,19). The molecule has 106 valence electrons. The highest BCUT2D eigenvalue weighted by molar-refractivity contribution is 5.85. The first kappa shape index (κ1) is 15.4. The second kappa shape index (κ2) is 5.52. The maximum atomic E-state index is 12.8. The van der Waals surface area contributed by atoms with Crippen molar-refractivity contribution in [1.29, 1.82) is 0 Å². The normalized spacial score (nSPS) is 15.0. The van der Waals surface area contributed by atoms with Crippen LogP contribution in [0.3, 0.4) is 0 Å². The first-order chi connectivity index (χ1) is 8.71. The van der Waals surface area contributed by atoms with Crippen molar-refractivity contribution in [3.63, 3.8) is 0 Å². The molecule has 0 aliphatic rings. The largest absolute Gasteiger partial charge is 0.401 e. The van der Waals surface area contributed by atoms with E-state index in [1.54, 1.807) is 0 Å². The van der Waals surface area contributed by atoms with Crippen molar-refractivity contribution in [3.05, 3.63) is 29.8 Å². The number of halogens is 4. The number of hydrogen-bond acceptors (Lipinski definition) is 3. The highest BCUT2D eigenvalue weighted by Crippen LogP contribution is 2.25. The van der Waals surface area contributed by atoms with Crippen molar-refractivity contribution >= 4 is 5.91 Å². The van der Waals surface area contributed by atoms with Crippen molar-refractivity contribution in [3.8, 4) is 0 Å². The van der Waals surface area contributed by atoms with E-state index in [9.17, 15) is 22.4 Å². The molecule has 0 saturated carbocycles. The number of carbonyl (C=O) groups is 1. The number of amides is 1. The lowest BCUT2D eigenvalue weighted by Crippen LogP contribution is -2.55. The van der Waals surface area contributed by atoms with Crippen molar-refractivity contribution in [2.24, 2.45) is 5.73 Å². The molecule has 4 nitrogen and oxygen atoms in total. The number of hydrogen-bond donors (Lipinski definition) is 2. The lowest BCUT2D eigenvalue weighted by atomic mass is 9.90. The lowest BCUT2D eigenvalue weighted by molar-refractivity contribution is -0.137. The minimum absolute atomic E-state index is 0.0446. The van der Waals surface area contributed by atoms with Crippen molar-refractivity contribution in [2.75, 3.05) is 6.54 Å². The van der Waals surface area contributed by atoms with Gasteiger partial charge in [0.05, 0.1) is 18.4 Å². The summed E-state index contributed by atoms with van der Waals surface area (Å²) in [6, 6.07) is 2.14. The van der Waals surface area contributed by atoms with Crippen LogP contribution in [-0.2, 0) is 10.3 Å².